The van der Waals surface area contributed by atoms with E-state index in [2.05, 4.69) is 13.0 Å². The number of nitrogens with two attached hydrogens (primary N) is 1. The van der Waals surface area contributed by atoms with Crippen LogP contribution < -0.4 is 5.73 Å². The van der Waals surface area contributed by atoms with Crippen LogP contribution in [0.3, 0.4) is 0 Å². The van der Waals surface area contributed by atoms with Crippen molar-refractivity contribution in [3.05, 3.63) is 35.4 Å². The molecule has 2 heteroatoms. The first-order chi connectivity index (χ1) is 6.72. The summed E-state index contributed by atoms with van der Waals surface area (Å²) in [5, 5.41) is 9.33. The Morgan fingerprint density at radius 2 is 2.29 bits per heavy atom. The molecule has 14 heavy (non-hydrogen) atoms. The van der Waals surface area contributed by atoms with Crippen LogP contribution in [0.4, 0.5) is 0 Å². The van der Waals surface area contributed by atoms with E-state index < -0.39 is 0 Å². The van der Waals surface area contributed by atoms with E-state index in [9.17, 15) is 5.11 Å². The van der Waals surface area contributed by atoms with Crippen molar-refractivity contribution in [2.24, 2.45) is 11.7 Å². The van der Waals surface area contributed by atoms with Gasteiger partial charge < -0.3 is 10.8 Å². The van der Waals surface area contributed by atoms with Crippen molar-refractivity contribution in [3.8, 4) is 5.75 Å². The highest BCUT2D eigenvalue weighted by Gasteiger charge is 2.18. The van der Waals surface area contributed by atoms with Gasteiger partial charge in [-0.05, 0) is 47.7 Å². The Hall–Kier alpha value is -1.28. The Morgan fingerprint density at radius 3 is 3.00 bits per heavy atom. The number of aromatic hydroxyl groups is 1. The molecule has 1 atom stereocenters. The quantitative estimate of drug-likeness (QED) is 0.746. The minimum atomic E-state index is 0.346. The van der Waals surface area contributed by atoms with Crippen LogP contribution in [0.1, 0.15) is 18.1 Å². The summed E-state index contributed by atoms with van der Waals surface area (Å²) in [6.45, 7) is 2.81. The third-order valence-electron chi connectivity index (χ3n) is 2.83. The van der Waals surface area contributed by atoms with Gasteiger partial charge in [-0.3, -0.25) is 0 Å². The second-order valence-corrected chi connectivity index (χ2v) is 3.84. The van der Waals surface area contributed by atoms with Crippen LogP contribution in [0.5, 0.6) is 5.75 Å². The van der Waals surface area contributed by atoms with Crippen LogP contribution in [0, 0.1) is 5.92 Å². The highest BCUT2D eigenvalue weighted by atomic mass is 16.3. The van der Waals surface area contributed by atoms with Crippen LogP contribution in [-0.4, -0.2) is 11.7 Å². The topological polar surface area (TPSA) is 46.2 Å². The maximum Gasteiger partial charge on any atom is 0.115 e. The smallest absolute Gasteiger partial charge is 0.115 e. The lowest BCUT2D eigenvalue weighted by atomic mass is 9.95. The molecular formula is C12H15NO. The van der Waals surface area contributed by atoms with Gasteiger partial charge in [-0.15, -0.1) is 0 Å². The molecule has 0 saturated carbocycles. The van der Waals surface area contributed by atoms with E-state index in [0.717, 1.165) is 6.42 Å². The molecule has 0 aliphatic heterocycles. The number of phenols is 1. The predicted octanol–water partition coefficient (Wildman–Crippen LogP) is 1.93. The summed E-state index contributed by atoms with van der Waals surface area (Å²) in [5.74, 6) is 0.750. The van der Waals surface area contributed by atoms with Crippen molar-refractivity contribution in [2.75, 3.05) is 6.54 Å². The van der Waals surface area contributed by atoms with Crippen LogP contribution in [-0.2, 0) is 6.42 Å². The molecule has 1 aliphatic rings. The fourth-order valence-electron chi connectivity index (χ4n) is 1.95. The Balaban J connectivity index is 2.37. The lowest BCUT2D eigenvalue weighted by molar-refractivity contribution is 0.474. The molecule has 74 valence electrons. The summed E-state index contributed by atoms with van der Waals surface area (Å²) in [4.78, 5) is 0. The van der Waals surface area contributed by atoms with E-state index in [-0.39, 0.29) is 0 Å². The van der Waals surface area contributed by atoms with E-state index in [4.69, 9.17) is 5.73 Å². The molecule has 1 aliphatic carbocycles. The van der Waals surface area contributed by atoms with Crippen molar-refractivity contribution < 1.29 is 5.11 Å². The maximum atomic E-state index is 9.33. The van der Waals surface area contributed by atoms with E-state index >= 15 is 0 Å². The van der Waals surface area contributed by atoms with Gasteiger partial charge in [0, 0.05) is 0 Å². The molecule has 3 N–H and O–H groups in total. The maximum absolute atomic E-state index is 9.33. The molecular weight excluding hydrogens is 174 g/mol. The van der Waals surface area contributed by atoms with Gasteiger partial charge in [-0.2, -0.15) is 0 Å². The molecule has 0 amide bonds. The van der Waals surface area contributed by atoms with Gasteiger partial charge >= 0.3 is 0 Å². The Bertz CT molecular complexity index is 382. The number of hydrogen-bond donors (Lipinski definition) is 2. The number of allylic oxidation sites excluding steroid dienone is 1. The number of hydrogen-bond acceptors (Lipinski definition) is 2. The number of benzene rings is 1. The van der Waals surface area contributed by atoms with Crippen LogP contribution >= 0.6 is 0 Å². The summed E-state index contributed by atoms with van der Waals surface area (Å²) in [6.07, 6.45) is 3.13. The Labute approximate surface area is 84.1 Å². The third kappa shape index (κ3) is 1.42. The second kappa shape index (κ2) is 3.46. The largest absolute Gasteiger partial charge is 0.508 e. The summed E-state index contributed by atoms with van der Waals surface area (Å²) in [7, 11) is 0. The molecule has 0 radical (unpaired) electrons. The zero-order valence-electron chi connectivity index (χ0n) is 8.33. The molecule has 0 saturated heterocycles. The molecule has 2 rings (SSSR count). The van der Waals surface area contributed by atoms with Gasteiger partial charge in [0.15, 0.2) is 0 Å². The molecule has 2 nitrogen and oxygen atoms in total. The monoisotopic (exact) mass is 189 g/mol. The van der Waals surface area contributed by atoms with Crippen molar-refractivity contribution in [1.82, 2.24) is 0 Å². The van der Waals surface area contributed by atoms with Crippen LogP contribution in [0.2, 0.25) is 0 Å². The molecule has 0 aromatic heterocycles. The molecule has 1 aromatic rings. The zero-order valence-corrected chi connectivity index (χ0v) is 8.33. The third-order valence-corrected chi connectivity index (χ3v) is 2.83. The minimum Gasteiger partial charge on any atom is -0.508 e. The van der Waals surface area contributed by atoms with Gasteiger partial charge in [-0.25, -0.2) is 0 Å². The van der Waals surface area contributed by atoms with E-state index in [1.807, 2.05) is 12.1 Å². The number of fused-ring (bicyclic) bond motifs is 1. The standard InChI is InChI=1S/C12H15NO/c1-8(7-13)11-4-2-9-6-10(14)3-5-12(9)11/h3-6,8,14H,2,7,13H2,1H3. The molecule has 1 unspecified atom stereocenters. The lowest BCUT2D eigenvalue weighted by Crippen LogP contribution is -2.11. The molecule has 0 bridgehead atoms. The highest BCUT2D eigenvalue weighted by Crippen LogP contribution is 2.34. The number of phenolic OH excluding ortho intramolecular Hbond substituents is 1. The Morgan fingerprint density at radius 1 is 1.50 bits per heavy atom. The van der Waals surface area contributed by atoms with E-state index in [1.165, 1.54) is 16.7 Å². The second-order valence-electron chi connectivity index (χ2n) is 3.84. The first kappa shape index (κ1) is 9.28. The van der Waals surface area contributed by atoms with Gasteiger partial charge in [0.25, 0.3) is 0 Å². The van der Waals surface area contributed by atoms with Crippen LogP contribution in [0.15, 0.2) is 24.3 Å². The SMILES string of the molecule is CC(CN)C1=CCc2cc(O)ccc21. The fourth-order valence-corrected chi connectivity index (χ4v) is 1.95. The number of rotatable bonds is 2. The lowest BCUT2D eigenvalue weighted by Gasteiger charge is -2.12. The molecule has 0 fully saturated rings. The van der Waals surface area contributed by atoms with Gasteiger partial charge in [0.1, 0.15) is 5.75 Å². The van der Waals surface area contributed by atoms with E-state index in [0.29, 0.717) is 18.2 Å². The molecule has 0 spiro atoms. The molecule has 1 aromatic carbocycles. The van der Waals surface area contributed by atoms with E-state index in [1.54, 1.807) is 6.07 Å². The first-order valence-corrected chi connectivity index (χ1v) is 4.94. The normalized spacial score (nSPS) is 16.3. The molecule has 0 heterocycles. The van der Waals surface area contributed by atoms with Gasteiger partial charge in [0.2, 0.25) is 0 Å². The summed E-state index contributed by atoms with van der Waals surface area (Å²) < 4.78 is 0. The van der Waals surface area contributed by atoms with Crippen LogP contribution in [0.25, 0.3) is 5.57 Å². The fraction of sp³-hybridized carbons (Fsp3) is 0.333. The highest BCUT2D eigenvalue weighted by molar-refractivity contribution is 5.75. The van der Waals surface area contributed by atoms with Crippen molar-refractivity contribution in [3.63, 3.8) is 0 Å². The summed E-state index contributed by atoms with van der Waals surface area (Å²) in [5.41, 5.74) is 9.43. The minimum absolute atomic E-state index is 0.346. The van der Waals surface area contributed by atoms with Crippen molar-refractivity contribution in [1.29, 1.82) is 0 Å². The van der Waals surface area contributed by atoms with Gasteiger partial charge in [-0.1, -0.05) is 19.1 Å². The Kier molecular flexibility index (Phi) is 2.30. The van der Waals surface area contributed by atoms with Crippen molar-refractivity contribution >= 4 is 5.57 Å². The average molecular weight is 189 g/mol. The summed E-state index contributed by atoms with van der Waals surface area (Å²) in [6, 6.07) is 5.55. The average Bonchev–Trinajstić information content (AvgIpc) is 2.59. The van der Waals surface area contributed by atoms with Crippen molar-refractivity contribution in [2.45, 2.75) is 13.3 Å². The predicted molar refractivity (Wildman–Crippen MR) is 58.0 cm³/mol. The zero-order chi connectivity index (χ0) is 10.1. The first-order valence-electron chi connectivity index (χ1n) is 4.94. The van der Waals surface area contributed by atoms with Gasteiger partial charge in [0.05, 0.1) is 0 Å². The summed E-state index contributed by atoms with van der Waals surface area (Å²) >= 11 is 0.